The molecule has 2 heterocycles. The van der Waals surface area contributed by atoms with Gasteiger partial charge in [0.2, 0.25) is 22.4 Å². The molecule has 2 unspecified atom stereocenters. The topological polar surface area (TPSA) is 92.0 Å². The summed E-state index contributed by atoms with van der Waals surface area (Å²) in [4.78, 5) is 14.6. The standard InChI is InChI=1S/C20H24N2O5S/c23-19-8-18(11-22-9-15-3-1-2-4-16(15)10-22)26-13-20(19)27-12-14-5-6-17(7-14)21-28(24)25/h1-4,8,13-14,17,21H,5-7,9-12H2,(H,24,25)/t14?,17-/m1/s1. The van der Waals surface area contributed by atoms with Crippen LogP contribution in [0.2, 0.25) is 0 Å². The fraction of sp³-hybridized carbons (Fsp3) is 0.450. The van der Waals surface area contributed by atoms with Gasteiger partial charge < -0.3 is 9.15 Å². The molecule has 1 aliphatic heterocycles. The lowest BCUT2D eigenvalue weighted by molar-refractivity contribution is 0.228. The minimum Gasteiger partial charge on any atom is -0.486 e. The fourth-order valence-electron chi connectivity index (χ4n) is 4.05. The molecule has 0 amide bonds. The average molecular weight is 404 g/mol. The van der Waals surface area contributed by atoms with Crippen molar-refractivity contribution in [1.82, 2.24) is 9.62 Å². The second-order valence-electron chi connectivity index (χ2n) is 7.54. The minimum atomic E-state index is -1.99. The van der Waals surface area contributed by atoms with Crippen LogP contribution in [0, 0.1) is 5.92 Å². The maximum absolute atomic E-state index is 12.4. The van der Waals surface area contributed by atoms with Gasteiger partial charge in [-0.15, -0.1) is 0 Å². The van der Waals surface area contributed by atoms with E-state index in [1.54, 1.807) is 0 Å². The summed E-state index contributed by atoms with van der Waals surface area (Å²) in [6.45, 7) is 2.70. The van der Waals surface area contributed by atoms with Gasteiger partial charge >= 0.3 is 0 Å². The number of rotatable bonds is 7. The maximum Gasteiger partial charge on any atom is 0.231 e. The highest BCUT2D eigenvalue weighted by molar-refractivity contribution is 7.77. The van der Waals surface area contributed by atoms with Crippen molar-refractivity contribution in [3.63, 3.8) is 0 Å². The van der Waals surface area contributed by atoms with Crippen LogP contribution in [-0.4, -0.2) is 26.3 Å². The van der Waals surface area contributed by atoms with Crippen molar-refractivity contribution in [1.29, 1.82) is 0 Å². The van der Waals surface area contributed by atoms with E-state index in [1.165, 1.54) is 23.5 Å². The van der Waals surface area contributed by atoms with Crippen molar-refractivity contribution in [2.75, 3.05) is 6.61 Å². The molecule has 150 valence electrons. The number of ether oxygens (including phenoxy) is 1. The summed E-state index contributed by atoms with van der Waals surface area (Å²) >= 11 is -1.99. The first-order chi connectivity index (χ1) is 13.6. The van der Waals surface area contributed by atoms with E-state index in [-0.39, 0.29) is 23.1 Å². The second kappa shape index (κ2) is 8.57. The monoisotopic (exact) mass is 404 g/mol. The Hall–Kier alpha value is -2.00. The van der Waals surface area contributed by atoms with Crippen LogP contribution in [0.15, 0.2) is 45.8 Å². The van der Waals surface area contributed by atoms with Crippen LogP contribution in [0.4, 0.5) is 0 Å². The molecular weight excluding hydrogens is 380 g/mol. The van der Waals surface area contributed by atoms with E-state index in [4.69, 9.17) is 13.7 Å². The fourth-order valence-corrected chi connectivity index (χ4v) is 4.55. The van der Waals surface area contributed by atoms with Gasteiger partial charge in [0.1, 0.15) is 12.0 Å². The molecule has 2 N–H and O–H groups in total. The molecule has 0 bridgehead atoms. The highest BCUT2D eigenvalue weighted by Crippen LogP contribution is 2.27. The first-order valence-electron chi connectivity index (χ1n) is 9.47. The van der Waals surface area contributed by atoms with E-state index < -0.39 is 11.3 Å². The molecule has 0 radical (unpaired) electrons. The quantitative estimate of drug-likeness (QED) is 0.689. The molecule has 1 aromatic heterocycles. The van der Waals surface area contributed by atoms with Gasteiger partial charge in [-0.3, -0.25) is 14.2 Å². The molecule has 1 saturated carbocycles. The first-order valence-corrected chi connectivity index (χ1v) is 10.6. The van der Waals surface area contributed by atoms with Crippen LogP contribution in [0.1, 0.15) is 36.1 Å². The molecule has 1 fully saturated rings. The van der Waals surface area contributed by atoms with E-state index in [2.05, 4.69) is 21.8 Å². The normalized spacial score (nSPS) is 22.9. The summed E-state index contributed by atoms with van der Waals surface area (Å²) in [7, 11) is 0. The second-order valence-corrected chi connectivity index (χ2v) is 8.28. The minimum absolute atomic E-state index is 0.0165. The van der Waals surface area contributed by atoms with Crippen molar-refractivity contribution in [3.05, 3.63) is 63.7 Å². The highest BCUT2D eigenvalue weighted by atomic mass is 32.2. The zero-order valence-electron chi connectivity index (χ0n) is 15.5. The third-order valence-corrected chi connectivity index (χ3v) is 5.96. The molecule has 8 heteroatoms. The van der Waals surface area contributed by atoms with Gasteiger partial charge in [-0.1, -0.05) is 24.3 Å². The van der Waals surface area contributed by atoms with Crippen molar-refractivity contribution >= 4 is 11.3 Å². The molecule has 2 aromatic rings. The van der Waals surface area contributed by atoms with Gasteiger partial charge in [-0.25, -0.2) is 8.93 Å². The summed E-state index contributed by atoms with van der Waals surface area (Å²) in [5, 5.41) is 0. The van der Waals surface area contributed by atoms with Crippen LogP contribution in [-0.2, 0) is 30.9 Å². The first kappa shape index (κ1) is 19.3. The number of nitrogens with one attached hydrogen (secondary N) is 1. The van der Waals surface area contributed by atoms with Crippen LogP contribution in [0.5, 0.6) is 5.75 Å². The van der Waals surface area contributed by atoms with Crippen molar-refractivity contribution in [2.45, 2.75) is 44.9 Å². The van der Waals surface area contributed by atoms with E-state index in [1.807, 2.05) is 12.1 Å². The smallest absolute Gasteiger partial charge is 0.231 e. The summed E-state index contributed by atoms with van der Waals surface area (Å²) < 4.78 is 33.6. The lowest BCUT2D eigenvalue weighted by atomic mass is 10.1. The third-order valence-electron chi connectivity index (χ3n) is 5.42. The number of nitrogens with zero attached hydrogens (tertiary/aromatic N) is 1. The summed E-state index contributed by atoms with van der Waals surface area (Å²) in [6.07, 6.45) is 3.87. The highest BCUT2D eigenvalue weighted by Gasteiger charge is 2.26. The lowest BCUT2D eigenvalue weighted by Crippen LogP contribution is -2.28. The zero-order valence-corrected chi connectivity index (χ0v) is 16.3. The van der Waals surface area contributed by atoms with Gasteiger partial charge in [0, 0.05) is 25.2 Å². The SMILES string of the molecule is O=c1cc(CN2Cc3ccccc3C2)occ1OCC1CC[C@@H](NS(=O)O)C1. The predicted molar refractivity (Wildman–Crippen MR) is 105 cm³/mol. The molecule has 0 spiro atoms. The molecule has 7 nitrogen and oxygen atoms in total. The lowest BCUT2D eigenvalue weighted by Gasteiger charge is -2.14. The Balaban J connectivity index is 1.29. The van der Waals surface area contributed by atoms with E-state index in [9.17, 15) is 9.00 Å². The summed E-state index contributed by atoms with van der Waals surface area (Å²) in [5.41, 5.74) is 2.46. The maximum atomic E-state index is 12.4. The summed E-state index contributed by atoms with van der Waals surface area (Å²) in [6, 6.07) is 9.86. The van der Waals surface area contributed by atoms with Crippen LogP contribution in [0.3, 0.4) is 0 Å². The number of fused-ring (bicyclic) bond motifs is 1. The Bertz CT molecular complexity index is 890. The van der Waals surface area contributed by atoms with Crippen molar-refractivity contribution in [2.24, 2.45) is 5.92 Å². The molecule has 3 atom stereocenters. The van der Waals surface area contributed by atoms with Gasteiger partial charge in [-0.05, 0) is 36.3 Å². The Labute approximate surface area is 166 Å². The Morgan fingerprint density at radius 1 is 1.25 bits per heavy atom. The number of hydrogen-bond acceptors (Lipinski definition) is 5. The molecule has 4 rings (SSSR count). The molecular formula is C20H24N2O5S. The van der Waals surface area contributed by atoms with E-state index in [0.29, 0.717) is 18.9 Å². The third kappa shape index (κ3) is 4.70. The average Bonchev–Trinajstić information content (AvgIpc) is 3.26. The van der Waals surface area contributed by atoms with Gasteiger partial charge in [0.15, 0.2) is 0 Å². The Morgan fingerprint density at radius 3 is 2.68 bits per heavy atom. The molecule has 1 aromatic carbocycles. The molecule has 1 aliphatic carbocycles. The van der Waals surface area contributed by atoms with Gasteiger partial charge in [0.25, 0.3) is 0 Å². The Kier molecular flexibility index (Phi) is 5.91. The predicted octanol–water partition coefficient (Wildman–Crippen LogP) is 2.43. The van der Waals surface area contributed by atoms with Gasteiger partial charge in [0.05, 0.1) is 13.2 Å². The van der Waals surface area contributed by atoms with Crippen LogP contribution in [0.25, 0.3) is 0 Å². The van der Waals surface area contributed by atoms with Crippen molar-refractivity contribution in [3.8, 4) is 5.75 Å². The van der Waals surface area contributed by atoms with E-state index >= 15 is 0 Å². The zero-order chi connectivity index (χ0) is 19.5. The Morgan fingerprint density at radius 2 is 2.00 bits per heavy atom. The van der Waals surface area contributed by atoms with Crippen LogP contribution < -0.4 is 14.9 Å². The number of hydrogen-bond donors (Lipinski definition) is 2. The molecule has 28 heavy (non-hydrogen) atoms. The number of benzene rings is 1. The molecule has 0 saturated heterocycles. The largest absolute Gasteiger partial charge is 0.486 e. The summed E-state index contributed by atoms with van der Waals surface area (Å²) in [5.74, 6) is 1.10. The van der Waals surface area contributed by atoms with Gasteiger partial charge in [-0.2, -0.15) is 0 Å². The van der Waals surface area contributed by atoms with Crippen molar-refractivity contribution < 1.29 is 17.9 Å². The van der Waals surface area contributed by atoms with Crippen LogP contribution >= 0.6 is 0 Å². The van der Waals surface area contributed by atoms with E-state index in [0.717, 1.165) is 32.4 Å². The molecule has 2 aliphatic rings.